The van der Waals surface area contributed by atoms with Gasteiger partial charge < -0.3 is 15.2 Å². The van der Waals surface area contributed by atoms with Gasteiger partial charge in [0.25, 0.3) is 0 Å². The van der Waals surface area contributed by atoms with E-state index in [0.717, 1.165) is 60.1 Å². The molecule has 6 rings (SSSR count). The number of hydrogen-bond acceptors (Lipinski definition) is 5. The largest absolute Gasteiger partial charge is 0.495 e. The SMILES string of the molecule is COc1cc(CC(c2cc3c(c(-c4ccc(F)cc4)n2)OCC3CF)C2CC2)cc(C=NC2CC2)c1N. The Labute approximate surface area is 215 Å². The third-order valence-electron chi connectivity index (χ3n) is 7.65. The molecule has 2 aromatic carbocycles. The van der Waals surface area contributed by atoms with Crippen molar-refractivity contribution >= 4 is 11.9 Å². The second-order valence-corrected chi connectivity index (χ2v) is 10.4. The minimum atomic E-state index is -0.494. The molecule has 2 unspecified atom stereocenters. The molecule has 1 aliphatic heterocycles. The van der Waals surface area contributed by atoms with Crippen LogP contribution in [0.25, 0.3) is 11.3 Å². The summed E-state index contributed by atoms with van der Waals surface area (Å²) >= 11 is 0. The number of aromatic nitrogens is 1. The second-order valence-electron chi connectivity index (χ2n) is 10.4. The van der Waals surface area contributed by atoms with Crippen LogP contribution >= 0.6 is 0 Å². The maximum absolute atomic E-state index is 13.9. The molecule has 0 saturated heterocycles. The van der Waals surface area contributed by atoms with Crippen LogP contribution in [0.1, 0.15) is 59.9 Å². The average Bonchev–Trinajstić information content (AvgIpc) is 3.85. The van der Waals surface area contributed by atoms with Gasteiger partial charge in [0.05, 0.1) is 38.0 Å². The fraction of sp³-hybridized carbons (Fsp3) is 0.400. The highest BCUT2D eigenvalue weighted by Crippen LogP contribution is 2.48. The Balaban J connectivity index is 1.40. The number of ether oxygens (including phenoxy) is 2. The molecule has 2 heterocycles. The number of fused-ring (bicyclic) bond motifs is 1. The highest BCUT2D eigenvalue weighted by atomic mass is 19.1. The van der Waals surface area contributed by atoms with E-state index in [9.17, 15) is 8.78 Å². The lowest BCUT2D eigenvalue weighted by Crippen LogP contribution is -2.11. The molecule has 0 amide bonds. The maximum atomic E-state index is 13.9. The van der Waals surface area contributed by atoms with Crippen molar-refractivity contribution in [2.24, 2.45) is 10.9 Å². The van der Waals surface area contributed by atoms with Gasteiger partial charge in [0.1, 0.15) is 23.0 Å². The number of nitrogens with zero attached hydrogens (tertiary/aromatic N) is 2. The van der Waals surface area contributed by atoms with E-state index in [-0.39, 0.29) is 24.3 Å². The number of pyridine rings is 1. The van der Waals surface area contributed by atoms with Crippen molar-refractivity contribution in [2.75, 3.05) is 26.1 Å². The van der Waals surface area contributed by atoms with Crippen molar-refractivity contribution in [2.45, 2.75) is 50.0 Å². The van der Waals surface area contributed by atoms with Crippen LogP contribution in [-0.2, 0) is 6.42 Å². The number of anilines is 1. The van der Waals surface area contributed by atoms with Crippen LogP contribution in [0.3, 0.4) is 0 Å². The monoisotopic (exact) mass is 503 g/mol. The van der Waals surface area contributed by atoms with Crippen molar-refractivity contribution in [3.8, 4) is 22.8 Å². The fourth-order valence-corrected chi connectivity index (χ4v) is 5.20. The number of hydrogen-bond donors (Lipinski definition) is 1. The lowest BCUT2D eigenvalue weighted by Gasteiger charge is -2.20. The summed E-state index contributed by atoms with van der Waals surface area (Å²) in [6, 6.07) is 12.8. The van der Waals surface area contributed by atoms with Crippen molar-refractivity contribution in [1.29, 1.82) is 0 Å². The number of nitrogen functional groups attached to an aromatic ring is 1. The first-order valence-electron chi connectivity index (χ1n) is 13.0. The molecule has 2 aliphatic carbocycles. The minimum Gasteiger partial charge on any atom is -0.495 e. The smallest absolute Gasteiger partial charge is 0.149 e. The first kappa shape index (κ1) is 23.9. The Bertz CT molecular complexity index is 1330. The summed E-state index contributed by atoms with van der Waals surface area (Å²) in [7, 11) is 1.63. The van der Waals surface area contributed by atoms with Crippen molar-refractivity contribution in [3.63, 3.8) is 0 Å². The normalized spacial score (nSPS) is 19.6. The maximum Gasteiger partial charge on any atom is 0.149 e. The fourth-order valence-electron chi connectivity index (χ4n) is 5.20. The van der Waals surface area contributed by atoms with Crippen LogP contribution in [0.15, 0.2) is 47.5 Å². The molecule has 1 aromatic heterocycles. The molecule has 3 aromatic rings. The Morgan fingerprint density at radius 1 is 1.16 bits per heavy atom. The lowest BCUT2D eigenvalue weighted by molar-refractivity contribution is 0.303. The average molecular weight is 504 g/mol. The van der Waals surface area contributed by atoms with Gasteiger partial charge in [-0.25, -0.2) is 9.37 Å². The van der Waals surface area contributed by atoms with Gasteiger partial charge in [-0.1, -0.05) is 0 Å². The molecule has 0 radical (unpaired) electrons. The zero-order chi connectivity index (χ0) is 25.5. The zero-order valence-corrected chi connectivity index (χ0v) is 20.9. The molecule has 0 bridgehead atoms. The van der Waals surface area contributed by atoms with Crippen LogP contribution in [-0.4, -0.2) is 37.6 Å². The quantitative estimate of drug-likeness (QED) is 0.277. The Hall–Kier alpha value is -3.48. The summed E-state index contributed by atoms with van der Waals surface area (Å²) in [5.74, 6) is 1.26. The van der Waals surface area contributed by atoms with E-state index in [1.54, 1.807) is 19.2 Å². The van der Waals surface area contributed by atoms with Gasteiger partial charge in [0.2, 0.25) is 0 Å². The molecule has 2 N–H and O–H groups in total. The van der Waals surface area contributed by atoms with E-state index < -0.39 is 6.67 Å². The van der Waals surface area contributed by atoms with Gasteiger partial charge in [-0.15, -0.1) is 0 Å². The molecule has 37 heavy (non-hydrogen) atoms. The van der Waals surface area contributed by atoms with E-state index >= 15 is 0 Å². The standard InChI is InChI=1S/C30H31F2N3O2/c1-36-27-12-17(10-20(28(27)33)15-34-23-8-9-23)11-24(18-2-3-18)26-13-25-21(14-31)16-37-30(25)29(35-26)19-4-6-22(32)7-5-19/h4-7,10,12-13,15,18,21,23-24H,2-3,8-9,11,14,16,33H2,1H3. The van der Waals surface area contributed by atoms with E-state index in [0.29, 0.717) is 34.8 Å². The van der Waals surface area contributed by atoms with Crippen LogP contribution in [0.2, 0.25) is 0 Å². The van der Waals surface area contributed by atoms with Gasteiger partial charge in [0.15, 0.2) is 0 Å². The topological polar surface area (TPSA) is 69.7 Å². The summed E-state index contributed by atoms with van der Waals surface area (Å²) in [5.41, 5.74) is 12.1. The molecule has 2 saturated carbocycles. The van der Waals surface area contributed by atoms with Gasteiger partial charge in [-0.2, -0.15) is 0 Å². The number of nitrogens with two attached hydrogens (primary N) is 1. The Morgan fingerprint density at radius 2 is 1.95 bits per heavy atom. The molecular formula is C30H31F2N3O2. The molecule has 5 nitrogen and oxygen atoms in total. The van der Waals surface area contributed by atoms with Gasteiger partial charge in [-0.3, -0.25) is 9.38 Å². The zero-order valence-electron chi connectivity index (χ0n) is 20.9. The lowest BCUT2D eigenvalue weighted by atomic mass is 9.88. The molecule has 7 heteroatoms. The summed E-state index contributed by atoms with van der Waals surface area (Å²) in [5, 5.41) is 0. The molecule has 0 spiro atoms. The second kappa shape index (κ2) is 9.77. The highest BCUT2D eigenvalue weighted by Gasteiger charge is 2.36. The first-order valence-corrected chi connectivity index (χ1v) is 13.0. The van der Waals surface area contributed by atoms with E-state index in [2.05, 4.69) is 11.1 Å². The van der Waals surface area contributed by atoms with E-state index in [1.807, 2.05) is 18.3 Å². The van der Waals surface area contributed by atoms with Crippen LogP contribution in [0, 0.1) is 11.7 Å². The summed E-state index contributed by atoms with van der Waals surface area (Å²) in [6.45, 7) is -0.204. The number of aliphatic imine (C=N–C) groups is 1. The van der Waals surface area contributed by atoms with Crippen molar-refractivity contribution in [3.05, 3.63) is 70.7 Å². The third kappa shape index (κ3) is 4.91. The van der Waals surface area contributed by atoms with Gasteiger partial charge in [-0.05, 0) is 86.1 Å². The Morgan fingerprint density at radius 3 is 2.62 bits per heavy atom. The van der Waals surface area contributed by atoms with Crippen molar-refractivity contribution in [1.82, 2.24) is 4.98 Å². The van der Waals surface area contributed by atoms with Crippen LogP contribution in [0.5, 0.6) is 11.5 Å². The predicted molar refractivity (Wildman–Crippen MR) is 141 cm³/mol. The number of benzene rings is 2. The van der Waals surface area contributed by atoms with Crippen LogP contribution < -0.4 is 15.2 Å². The summed E-state index contributed by atoms with van der Waals surface area (Å²) in [4.78, 5) is 9.70. The van der Waals surface area contributed by atoms with Gasteiger partial charge in [0, 0.05) is 34.5 Å². The Kier molecular flexibility index (Phi) is 6.31. The molecule has 2 atom stereocenters. The molecular weight excluding hydrogens is 472 g/mol. The van der Waals surface area contributed by atoms with Crippen LogP contribution in [0.4, 0.5) is 14.5 Å². The predicted octanol–water partition coefficient (Wildman–Crippen LogP) is 6.24. The third-order valence-corrected chi connectivity index (χ3v) is 7.65. The molecule has 3 aliphatic rings. The summed E-state index contributed by atoms with van der Waals surface area (Å²) in [6.07, 6.45) is 7.12. The highest BCUT2D eigenvalue weighted by molar-refractivity contribution is 5.89. The molecule has 2 fully saturated rings. The van der Waals surface area contributed by atoms with E-state index in [1.165, 1.54) is 12.1 Å². The number of halogens is 2. The van der Waals surface area contributed by atoms with Crippen molar-refractivity contribution < 1.29 is 18.3 Å². The summed E-state index contributed by atoms with van der Waals surface area (Å²) < 4.78 is 39.1. The minimum absolute atomic E-state index is 0.145. The van der Waals surface area contributed by atoms with E-state index in [4.69, 9.17) is 20.2 Å². The molecule has 192 valence electrons. The number of methoxy groups -OCH3 is 1. The number of rotatable bonds is 9. The number of alkyl halides is 1. The first-order chi connectivity index (χ1) is 18.0. The van der Waals surface area contributed by atoms with Gasteiger partial charge >= 0.3 is 0 Å².